The van der Waals surface area contributed by atoms with Crippen molar-refractivity contribution in [2.24, 2.45) is 0 Å². The van der Waals surface area contributed by atoms with Crippen LogP contribution >= 0.6 is 0 Å². The molecule has 0 spiro atoms. The molecule has 25 heavy (non-hydrogen) atoms. The van der Waals surface area contributed by atoms with Crippen LogP contribution in [-0.2, 0) is 10.8 Å². The quantitative estimate of drug-likeness (QED) is 0.242. The number of unbranched alkanes of at least 4 members (excludes halogenated alkanes) is 2. The number of hydrogen-bond donors (Lipinski definition) is 0. The van der Waals surface area contributed by atoms with Gasteiger partial charge in [-0.1, -0.05) is 89.6 Å². The summed E-state index contributed by atoms with van der Waals surface area (Å²) in [6, 6.07) is 10.7. The summed E-state index contributed by atoms with van der Waals surface area (Å²) < 4.78 is 6.73. The molecule has 1 aromatic rings. The number of hydrogen-bond acceptors (Lipinski definition) is 1. The van der Waals surface area contributed by atoms with E-state index in [4.69, 9.17) is 4.43 Å². The van der Waals surface area contributed by atoms with Crippen LogP contribution in [0.5, 0.6) is 0 Å². The lowest BCUT2D eigenvalue weighted by molar-refractivity contribution is 0.208. The predicted octanol–water partition coefficient (Wildman–Crippen LogP) is 7.31. The Labute approximate surface area is 157 Å². The molecule has 0 aliphatic carbocycles. The number of benzene rings is 1. The third-order valence-corrected chi connectivity index (χ3v) is 9.74. The third kappa shape index (κ3) is 7.75. The van der Waals surface area contributed by atoms with Gasteiger partial charge < -0.3 is 4.43 Å². The van der Waals surface area contributed by atoms with E-state index in [9.17, 15) is 0 Å². The van der Waals surface area contributed by atoms with E-state index in [-0.39, 0.29) is 11.1 Å². The predicted molar refractivity (Wildman–Crippen MR) is 115 cm³/mol. The molecule has 1 rings (SSSR count). The van der Waals surface area contributed by atoms with Crippen LogP contribution in [0.3, 0.4) is 0 Å². The minimum Gasteiger partial charge on any atom is -0.410 e. The van der Waals surface area contributed by atoms with Gasteiger partial charge in [-0.05, 0) is 48.5 Å². The minimum absolute atomic E-state index is 0.110. The summed E-state index contributed by atoms with van der Waals surface area (Å²) in [6.07, 6.45) is 10.2. The van der Waals surface area contributed by atoms with E-state index < -0.39 is 8.32 Å². The molecule has 0 bridgehead atoms. The maximum absolute atomic E-state index is 6.73. The first-order chi connectivity index (χ1) is 11.7. The van der Waals surface area contributed by atoms with Crippen LogP contribution in [0.15, 0.2) is 54.6 Å². The Morgan fingerprint density at radius 2 is 1.84 bits per heavy atom. The van der Waals surface area contributed by atoms with Crippen LogP contribution in [0.2, 0.25) is 18.1 Å². The molecule has 0 fully saturated rings. The molecule has 0 aromatic heterocycles. The highest BCUT2D eigenvalue weighted by molar-refractivity contribution is 6.74. The second kappa shape index (κ2) is 10.1. The van der Waals surface area contributed by atoms with Crippen molar-refractivity contribution in [1.29, 1.82) is 0 Å². The summed E-state index contributed by atoms with van der Waals surface area (Å²) in [4.78, 5) is 0. The van der Waals surface area contributed by atoms with Crippen molar-refractivity contribution in [2.75, 3.05) is 0 Å². The Morgan fingerprint density at radius 3 is 2.40 bits per heavy atom. The van der Waals surface area contributed by atoms with Crippen LogP contribution in [0, 0.1) is 0 Å². The Balaban J connectivity index is 2.82. The zero-order valence-corrected chi connectivity index (χ0v) is 18.3. The van der Waals surface area contributed by atoms with Gasteiger partial charge >= 0.3 is 0 Å². The second-order valence-corrected chi connectivity index (χ2v) is 13.3. The molecule has 1 atom stereocenters. The van der Waals surface area contributed by atoms with Gasteiger partial charge in [-0.15, -0.1) is 0 Å². The molecule has 1 aromatic carbocycles. The van der Waals surface area contributed by atoms with Crippen molar-refractivity contribution in [3.8, 4) is 0 Å². The zero-order valence-electron chi connectivity index (χ0n) is 17.3. The monoisotopic (exact) mass is 358 g/mol. The summed E-state index contributed by atoms with van der Waals surface area (Å²) in [5, 5.41) is 0.213. The largest absolute Gasteiger partial charge is 0.410 e. The maximum Gasteiger partial charge on any atom is 0.192 e. The molecular formula is C23H38OSi. The molecule has 0 aliphatic heterocycles. The van der Waals surface area contributed by atoms with Gasteiger partial charge in [0, 0.05) is 0 Å². The van der Waals surface area contributed by atoms with E-state index in [1.165, 1.54) is 18.4 Å². The Bertz CT molecular complexity index is 537. The van der Waals surface area contributed by atoms with Gasteiger partial charge in [-0.2, -0.15) is 0 Å². The summed E-state index contributed by atoms with van der Waals surface area (Å²) in [5.41, 5.74) is 2.49. The average molecular weight is 359 g/mol. The normalized spacial score (nSPS) is 14.0. The van der Waals surface area contributed by atoms with E-state index in [1.807, 2.05) is 0 Å². The molecule has 1 unspecified atom stereocenters. The first-order valence-corrected chi connectivity index (χ1v) is 12.7. The van der Waals surface area contributed by atoms with E-state index >= 15 is 0 Å². The zero-order chi connectivity index (χ0) is 18.9. The van der Waals surface area contributed by atoms with Gasteiger partial charge in [-0.25, -0.2) is 0 Å². The topological polar surface area (TPSA) is 9.23 Å². The summed E-state index contributed by atoms with van der Waals surface area (Å²) in [5.74, 6) is 0. The molecule has 0 heterocycles. The Morgan fingerprint density at radius 1 is 1.20 bits per heavy atom. The first-order valence-electron chi connectivity index (χ1n) is 9.74. The fourth-order valence-corrected chi connectivity index (χ4v) is 3.79. The van der Waals surface area contributed by atoms with Crippen molar-refractivity contribution in [3.05, 3.63) is 60.2 Å². The van der Waals surface area contributed by atoms with Crippen molar-refractivity contribution in [1.82, 2.24) is 0 Å². The highest BCUT2D eigenvalue weighted by Gasteiger charge is 2.39. The van der Waals surface area contributed by atoms with Crippen molar-refractivity contribution >= 4 is 8.32 Å². The number of aryl methyl sites for hydroxylation is 1. The van der Waals surface area contributed by atoms with E-state index in [1.54, 1.807) is 0 Å². The summed E-state index contributed by atoms with van der Waals surface area (Å²) in [7, 11) is -1.82. The van der Waals surface area contributed by atoms with Gasteiger partial charge in [-0.3, -0.25) is 0 Å². The highest BCUT2D eigenvalue weighted by Crippen LogP contribution is 2.38. The lowest BCUT2D eigenvalue weighted by Gasteiger charge is -2.39. The van der Waals surface area contributed by atoms with Crippen LogP contribution in [0.1, 0.15) is 58.9 Å². The van der Waals surface area contributed by atoms with Gasteiger partial charge in [0.15, 0.2) is 8.32 Å². The van der Waals surface area contributed by atoms with Gasteiger partial charge in [0.1, 0.15) is 0 Å². The maximum atomic E-state index is 6.73. The van der Waals surface area contributed by atoms with Crippen molar-refractivity contribution in [2.45, 2.75) is 84.0 Å². The van der Waals surface area contributed by atoms with Gasteiger partial charge in [0.2, 0.25) is 0 Å². The number of rotatable bonds is 10. The molecule has 0 aliphatic rings. The van der Waals surface area contributed by atoms with E-state index in [0.717, 1.165) is 24.8 Å². The summed E-state index contributed by atoms with van der Waals surface area (Å²) >= 11 is 0. The van der Waals surface area contributed by atoms with Crippen LogP contribution in [0.25, 0.3) is 0 Å². The fourth-order valence-electron chi connectivity index (χ4n) is 2.46. The lowest BCUT2D eigenvalue weighted by atomic mass is 10.0. The molecule has 140 valence electrons. The molecule has 0 saturated heterocycles. The molecule has 0 saturated carbocycles. The molecule has 1 nitrogen and oxygen atoms in total. The lowest BCUT2D eigenvalue weighted by Crippen LogP contribution is -2.44. The van der Waals surface area contributed by atoms with E-state index in [2.05, 4.69) is 89.9 Å². The Hall–Kier alpha value is -1.12. The molecular weight excluding hydrogens is 320 g/mol. The second-order valence-electron chi connectivity index (χ2n) is 8.51. The molecule has 0 radical (unpaired) electrons. The highest BCUT2D eigenvalue weighted by atomic mass is 28.4. The van der Waals surface area contributed by atoms with Crippen molar-refractivity contribution in [3.63, 3.8) is 0 Å². The van der Waals surface area contributed by atoms with Crippen LogP contribution in [0.4, 0.5) is 0 Å². The van der Waals surface area contributed by atoms with Crippen LogP contribution < -0.4 is 0 Å². The van der Waals surface area contributed by atoms with Crippen LogP contribution in [-0.4, -0.2) is 14.4 Å². The SMILES string of the molecule is C=C(/C=C/CCCC)C(CCc1ccccc1)O[Si](C)(C)C(C)(C)C. The summed E-state index contributed by atoms with van der Waals surface area (Å²) in [6.45, 7) is 18.1. The molecule has 0 amide bonds. The van der Waals surface area contributed by atoms with E-state index in [0.29, 0.717) is 0 Å². The Kier molecular flexibility index (Phi) is 8.88. The number of allylic oxidation sites excluding steroid dienone is 1. The van der Waals surface area contributed by atoms with Gasteiger partial charge in [0.25, 0.3) is 0 Å². The molecule has 0 N–H and O–H groups in total. The molecule has 2 heteroatoms. The fraction of sp³-hybridized carbons (Fsp3) is 0.565. The first kappa shape index (κ1) is 21.9. The average Bonchev–Trinajstić information content (AvgIpc) is 2.55. The smallest absolute Gasteiger partial charge is 0.192 e. The van der Waals surface area contributed by atoms with Gasteiger partial charge in [0.05, 0.1) is 6.10 Å². The minimum atomic E-state index is -1.82. The third-order valence-electron chi connectivity index (χ3n) is 5.25. The van der Waals surface area contributed by atoms with Crippen molar-refractivity contribution < 1.29 is 4.43 Å². The standard InChI is InChI=1S/C23H38OSi/c1-8-9-10-12-15-20(2)22(24-25(6,7)23(3,4)5)19-18-21-16-13-11-14-17-21/h11-17,22H,2,8-10,18-19H2,1,3-7H3/b15-12+.